The Labute approximate surface area is 139 Å². The van der Waals surface area contributed by atoms with Gasteiger partial charge in [-0.1, -0.05) is 6.08 Å². The summed E-state index contributed by atoms with van der Waals surface area (Å²) in [5.41, 5.74) is 2.28. The van der Waals surface area contributed by atoms with Crippen LogP contribution >= 0.6 is 24.0 Å². The second-order valence-corrected chi connectivity index (χ2v) is 4.43. The normalized spacial score (nSPS) is 10.8. The van der Waals surface area contributed by atoms with E-state index in [1.54, 1.807) is 0 Å². The van der Waals surface area contributed by atoms with Crippen molar-refractivity contribution in [1.82, 2.24) is 20.4 Å². The maximum Gasteiger partial charge on any atom is 0.191 e. The van der Waals surface area contributed by atoms with Crippen LogP contribution in [0.15, 0.2) is 23.7 Å². The number of guanidine groups is 1. The van der Waals surface area contributed by atoms with Gasteiger partial charge in [-0.05, 0) is 33.3 Å². The van der Waals surface area contributed by atoms with Crippen molar-refractivity contribution in [2.75, 3.05) is 19.6 Å². The fraction of sp³-hybridized carbons (Fsp3) is 0.571. The molecule has 0 bridgehead atoms. The highest BCUT2D eigenvalue weighted by Crippen LogP contribution is 2.02. The van der Waals surface area contributed by atoms with Crippen molar-refractivity contribution in [3.05, 3.63) is 30.1 Å². The van der Waals surface area contributed by atoms with Crippen LogP contribution in [0.3, 0.4) is 0 Å². The zero-order chi connectivity index (χ0) is 14.1. The van der Waals surface area contributed by atoms with Crippen molar-refractivity contribution >= 4 is 29.9 Å². The monoisotopic (exact) mass is 391 g/mol. The molecule has 0 saturated carbocycles. The Kier molecular flexibility index (Phi) is 10.1. The second-order valence-electron chi connectivity index (χ2n) is 4.43. The molecule has 1 aromatic heterocycles. The third-order valence-electron chi connectivity index (χ3n) is 2.66. The molecule has 6 heteroatoms. The molecule has 114 valence electrons. The van der Waals surface area contributed by atoms with Crippen molar-refractivity contribution in [2.45, 2.75) is 33.7 Å². The van der Waals surface area contributed by atoms with Gasteiger partial charge in [-0.15, -0.1) is 30.6 Å². The van der Waals surface area contributed by atoms with Gasteiger partial charge in [-0.3, -0.25) is 9.67 Å². The summed E-state index contributed by atoms with van der Waals surface area (Å²) < 4.78 is 2.04. The lowest BCUT2D eigenvalue weighted by Crippen LogP contribution is -2.37. The van der Waals surface area contributed by atoms with E-state index >= 15 is 0 Å². The molecule has 20 heavy (non-hydrogen) atoms. The zero-order valence-electron chi connectivity index (χ0n) is 12.6. The minimum absolute atomic E-state index is 0. The highest BCUT2D eigenvalue weighted by Gasteiger charge is 2.00. The molecular formula is C14H26IN5. The SMILES string of the molecule is C=CCNC(=NCCCn1nc(C)cc1C)NCC.I. The highest BCUT2D eigenvalue weighted by atomic mass is 127. The molecule has 0 unspecified atom stereocenters. The number of nitrogens with zero attached hydrogens (tertiary/aromatic N) is 3. The van der Waals surface area contributed by atoms with Crippen LogP contribution in [0.2, 0.25) is 0 Å². The lowest BCUT2D eigenvalue weighted by Gasteiger charge is -2.09. The van der Waals surface area contributed by atoms with E-state index in [4.69, 9.17) is 0 Å². The van der Waals surface area contributed by atoms with Crippen molar-refractivity contribution in [2.24, 2.45) is 4.99 Å². The molecule has 1 heterocycles. The minimum Gasteiger partial charge on any atom is -0.357 e. The molecule has 5 nitrogen and oxygen atoms in total. The molecule has 0 aliphatic carbocycles. The number of aliphatic imine (C=N–C) groups is 1. The molecule has 0 amide bonds. The lowest BCUT2D eigenvalue weighted by atomic mass is 10.4. The fourth-order valence-electron chi connectivity index (χ4n) is 1.82. The Balaban J connectivity index is 0.00000361. The van der Waals surface area contributed by atoms with Crippen LogP contribution in [-0.2, 0) is 6.54 Å². The summed E-state index contributed by atoms with van der Waals surface area (Å²) in [6.07, 6.45) is 2.80. The van der Waals surface area contributed by atoms with E-state index in [9.17, 15) is 0 Å². The van der Waals surface area contributed by atoms with Gasteiger partial charge < -0.3 is 10.6 Å². The topological polar surface area (TPSA) is 54.2 Å². The Bertz CT molecular complexity index is 425. The number of hydrogen-bond donors (Lipinski definition) is 2. The average Bonchev–Trinajstić information content (AvgIpc) is 2.70. The molecule has 0 aliphatic rings. The third-order valence-corrected chi connectivity index (χ3v) is 2.66. The number of aromatic nitrogens is 2. The van der Waals surface area contributed by atoms with E-state index in [1.165, 1.54) is 5.69 Å². The number of nitrogens with one attached hydrogen (secondary N) is 2. The van der Waals surface area contributed by atoms with Gasteiger partial charge in [0.2, 0.25) is 0 Å². The van der Waals surface area contributed by atoms with Crippen LogP contribution < -0.4 is 10.6 Å². The summed E-state index contributed by atoms with van der Waals surface area (Å²) in [6, 6.07) is 2.10. The standard InChI is InChI=1S/C14H25N5.HI/c1-5-8-16-14(15-6-2)17-9-7-10-19-13(4)11-12(3)18-19;/h5,11H,1,6-10H2,2-4H3,(H2,15,16,17);1H. The Morgan fingerprint density at radius 3 is 2.75 bits per heavy atom. The van der Waals surface area contributed by atoms with E-state index in [1.807, 2.05) is 17.7 Å². The zero-order valence-corrected chi connectivity index (χ0v) is 15.0. The van der Waals surface area contributed by atoms with Crippen LogP contribution in [0.4, 0.5) is 0 Å². The van der Waals surface area contributed by atoms with Crippen LogP contribution in [0, 0.1) is 13.8 Å². The molecule has 0 fully saturated rings. The van der Waals surface area contributed by atoms with E-state index in [-0.39, 0.29) is 24.0 Å². The minimum atomic E-state index is 0. The summed E-state index contributed by atoms with van der Waals surface area (Å²) in [7, 11) is 0. The first-order chi connectivity index (χ1) is 9.17. The van der Waals surface area contributed by atoms with Crippen LogP contribution in [0.25, 0.3) is 0 Å². The van der Waals surface area contributed by atoms with Crippen LogP contribution in [0.1, 0.15) is 24.7 Å². The molecule has 0 saturated heterocycles. The fourth-order valence-corrected chi connectivity index (χ4v) is 1.82. The van der Waals surface area contributed by atoms with Gasteiger partial charge in [0.15, 0.2) is 5.96 Å². The van der Waals surface area contributed by atoms with Gasteiger partial charge in [-0.25, -0.2) is 0 Å². The first kappa shape index (κ1) is 18.9. The Morgan fingerprint density at radius 1 is 1.45 bits per heavy atom. The lowest BCUT2D eigenvalue weighted by molar-refractivity contribution is 0.567. The van der Waals surface area contributed by atoms with Gasteiger partial charge in [-0.2, -0.15) is 5.10 Å². The van der Waals surface area contributed by atoms with Crippen molar-refractivity contribution in [3.8, 4) is 0 Å². The summed E-state index contributed by atoms with van der Waals surface area (Å²) in [6.45, 7) is 13.1. The predicted molar refractivity (Wildman–Crippen MR) is 95.9 cm³/mol. The van der Waals surface area contributed by atoms with E-state index in [2.05, 4.69) is 47.2 Å². The Hall–Kier alpha value is -1.05. The van der Waals surface area contributed by atoms with Gasteiger partial charge in [0.05, 0.1) is 5.69 Å². The quantitative estimate of drug-likeness (QED) is 0.247. The maximum atomic E-state index is 4.51. The third kappa shape index (κ3) is 6.93. The van der Waals surface area contributed by atoms with Crippen LogP contribution in [-0.4, -0.2) is 35.4 Å². The summed E-state index contributed by atoms with van der Waals surface area (Å²) >= 11 is 0. The first-order valence-corrected chi connectivity index (χ1v) is 6.81. The summed E-state index contributed by atoms with van der Waals surface area (Å²) in [5, 5.41) is 10.8. The number of hydrogen-bond acceptors (Lipinski definition) is 2. The highest BCUT2D eigenvalue weighted by molar-refractivity contribution is 14.0. The molecule has 0 aliphatic heterocycles. The predicted octanol–water partition coefficient (Wildman–Crippen LogP) is 2.25. The van der Waals surface area contributed by atoms with E-state index in [0.717, 1.165) is 44.3 Å². The molecular weight excluding hydrogens is 365 g/mol. The van der Waals surface area contributed by atoms with Crippen molar-refractivity contribution in [3.63, 3.8) is 0 Å². The van der Waals surface area contributed by atoms with Crippen LogP contribution in [0.5, 0.6) is 0 Å². The largest absolute Gasteiger partial charge is 0.357 e. The average molecular weight is 391 g/mol. The maximum absolute atomic E-state index is 4.51. The van der Waals surface area contributed by atoms with Crippen molar-refractivity contribution < 1.29 is 0 Å². The molecule has 1 rings (SSSR count). The molecule has 0 aromatic carbocycles. The first-order valence-electron chi connectivity index (χ1n) is 6.81. The van der Waals surface area contributed by atoms with Gasteiger partial charge in [0.25, 0.3) is 0 Å². The van der Waals surface area contributed by atoms with E-state index < -0.39 is 0 Å². The van der Waals surface area contributed by atoms with Gasteiger partial charge in [0, 0.05) is 31.9 Å². The summed E-state index contributed by atoms with van der Waals surface area (Å²) in [5.74, 6) is 0.843. The van der Waals surface area contributed by atoms with Gasteiger partial charge in [0.1, 0.15) is 0 Å². The van der Waals surface area contributed by atoms with Crippen molar-refractivity contribution in [1.29, 1.82) is 0 Å². The molecule has 1 aromatic rings. The number of halogens is 1. The second kappa shape index (κ2) is 10.7. The Morgan fingerprint density at radius 2 is 2.20 bits per heavy atom. The molecule has 0 radical (unpaired) electrons. The number of rotatable bonds is 7. The smallest absolute Gasteiger partial charge is 0.191 e. The van der Waals surface area contributed by atoms with E-state index in [0.29, 0.717) is 0 Å². The number of aryl methyl sites for hydroxylation is 3. The molecule has 0 spiro atoms. The molecule has 0 atom stereocenters. The summed E-state index contributed by atoms with van der Waals surface area (Å²) in [4.78, 5) is 4.51. The van der Waals surface area contributed by atoms with Gasteiger partial charge >= 0.3 is 0 Å². The molecule has 2 N–H and O–H groups in total.